The zero-order valence-corrected chi connectivity index (χ0v) is 9.31. The minimum absolute atomic E-state index is 0.0536. The molecule has 1 nitrogen and oxygen atoms in total. The third kappa shape index (κ3) is 0.879. The molecule has 3 fully saturated rings. The Morgan fingerprint density at radius 1 is 1.29 bits per heavy atom. The maximum Gasteiger partial charge on any atom is 0.143 e. The van der Waals surface area contributed by atoms with E-state index < -0.39 is 0 Å². The highest BCUT2D eigenvalue weighted by Gasteiger charge is 2.56. The molecule has 14 heavy (non-hydrogen) atoms. The van der Waals surface area contributed by atoms with E-state index in [2.05, 4.69) is 27.0 Å². The monoisotopic (exact) mass is 190 g/mol. The molecular formula is C13H18O. The molecule has 1 heteroatoms. The number of carbonyl (C=O) groups is 1. The summed E-state index contributed by atoms with van der Waals surface area (Å²) in [6, 6.07) is 0. The molecule has 2 bridgehead atoms. The van der Waals surface area contributed by atoms with Gasteiger partial charge >= 0.3 is 0 Å². The molecule has 0 saturated heterocycles. The number of fused-ring (bicyclic) bond motifs is 3. The van der Waals surface area contributed by atoms with Gasteiger partial charge in [0.2, 0.25) is 0 Å². The van der Waals surface area contributed by atoms with Crippen molar-refractivity contribution in [1.82, 2.24) is 0 Å². The second kappa shape index (κ2) is 2.39. The Bertz CT molecular complexity index is 348. The van der Waals surface area contributed by atoms with Gasteiger partial charge < -0.3 is 0 Å². The number of allylic oxidation sites excluding steroid dienone is 2. The lowest BCUT2D eigenvalue weighted by Gasteiger charge is -2.55. The predicted octanol–water partition coefficient (Wildman–Crippen LogP) is 3.12. The molecule has 3 aliphatic carbocycles. The van der Waals surface area contributed by atoms with Crippen LogP contribution < -0.4 is 0 Å². The summed E-state index contributed by atoms with van der Waals surface area (Å²) in [5.41, 5.74) is 2.08. The Labute approximate surface area is 85.9 Å². The fourth-order valence-electron chi connectivity index (χ4n) is 3.19. The maximum atomic E-state index is 11.9. The van der Waals surface area contributed by atoms with Crippen LogP contribution in [0.15, 0.2) is 24.3 Å². The van der Waals surface area contributed by atoms with Gasteiger partial charge in [0.05, 0.1) is 5.41 Å². The van der Waals surface area contributed by atoms with Gasteiger partial charge in [0.15, 0.2) is 0 Å². The Morgan fingerprint density at radius 2 is 1.86 bits per heavy atom. The van der Waals surface area contributed by atoms with Crippen LogP contribution in [0.2, 0.25) is 0 Å². The largest absolute Gasteiger partial charge is 0.299 e. The van der Waals surface area contributed by atoms with Crippen molar-refractivity contribution in [3.63, 3.8) is 0 Å². The topological polar surface area (TPSA) is 17.1 Å². The summed E-state index contributed by atoms with van der Waals surface area (Å²) in [4.78, 5) is 11.9. The van der Waals surface area contributed by atoms with Gasteiger partial charge in [0.1, 0.15) is 5.78 Å². The molecule has 0 heterocycles. The first-order chi connectivity index (χ1) is 6.30. The van der Waals surface area contributed by atoms with E-state index in [9.17, 15) is 4.79 Å². The van der Waals surface area contributed by atoms with Crippen LogP contribution in [0.4, 0.5) is 0 Å². The average Bonchev–Trinajstić information content (AvgIpc) is 2.07. The molecule has 3 saturated carbocycles. The molecule has 3 aliphatic rings. The van der Waals surface area contributed by atoms with Crippen LogP contribution in [-0.2, 0) is 4.79 Å². The molecule has 0 aromatic heterocycles. The lowest BCUT2D eigenvalue weighted by molar-refractivity contribution is -0.133. The van der Waals surface area contributed by atoms with Crippen molar-refractivity contribution in [2.24, 2.45) is 16.7 Å². The highest BCUT2D eigenvalue weighted by Crippen LogP contribution is 2.61. The zero-order valence-electron chi connectivity index (χ0n) is 9.31. The number of rotatable bonds is 0. The van der Waals surface area contributed by atoms with Gasteiger partial charge in [-0.2, -0.15) is 0 Å². The van der Waals surface area contributed by atoms with Crippen molar-refractivity contribution >= 4 is 5.78 Å². The molecule has 0 N–H and O–H groups in total. The van der Waals surface area contributed by atoms with E-state index in [1.165, 1.54) is 5.57 Å². The van der Waals surface area contributed by atoms with E-state index >= 15 is 0 Å². The van der Waals surface area contributed by atoms with Gasteiger partial charge in [-0.25, -0.2) is 0 Å². The normalized spacial score (nSPS) is 40.5. The second-order valence-corrected chi connectivity index (χ2v) is 5.55. The summed E-state index contributed by atoms with van der Waals surface area (Å²) in [7, 11) is 0. The molecule has 0 unspecified atom stereocenters. The number of hydrogen-bond donors (Lipinski definition) is 0. The van der Waals surface area contributed by atoms with E-state index in [1.54, 1.807) is 0 Å². The van der Waals surface area contributed by atoms with Gasteiger partial charge in [-0.15, -0.1) is 0 Å². The van der Waals surface area contributed by atoms with E-state index in [0.717, 1.165) is 12.0 Å². The highest BCUT2D eigenvalue weighted by molar-refractivity contribution is 5.91. The van der Waals surface area contributed by atoms with Crippen molar-refractivity contribution in [2.75, 3.05) is 0 Å². The van der Waals surface area contributed by atoms with Gasteiger partial charge in [-0.1, -0.05) is 38.2 Å². The number of carbonyl (C=O) groups excluding carboxylic acids is 1. The SMILES string of the molecule is C=C1C[C@]2(C)C(=C)C(C)(C)[C@H]1CC2=O. The fourth-order valence-corrected chi connectivity index (χ4v) is 3.19. The van der Waals surface area contributed by atoms with Crippen LogP contribution >= 0.6 is 0 Å². The van der Waals surface area contributed by atoms with Gasteiger partial charge in [-0.05, 0) is 24.7 Å². The molecule has 76 valence electrons. The van der Waals surface area contributed by atoms with Crippen LogP contribution in [0.25, 0.3) is 0 Å². The lowest BCUT2D eigenvalue weighted by Crippen LogP contribution is -2.52. The van der Waals surface area contributed by atoms with Crippen molar-refractivity contribution < 1.29 is 4.79 Å². The zero-order chi connectivity index (χ0) is 10.7. The minimum atomic E-state index is -0.324. The molecule has 0 aliphatic heterocycles. The smallest absolute Gasteiger partial charge is 0.143 e. The van der Waals surface area contributed by atoms with Crippen molar-refractivity contribution in [2.45, 2.75) is 33.6 Å². The quantitative estimate of drug-likeness (QED) is 0.536. The van der Waals surface area contributed by atoms with Crippen molar-refractivity contribution in [3.8, 4) is 0 Å². The van der Waals surface area contributed by atoms with Gasteiger partial charge in [0.25, 0.3) is 0 Å². The van der Waals surface area contributed by atoms with Crippen molar-refractivity contribution in [1.29, 1.82) is 0 Å². The summed E-state index contributed by atoms with van der Waals surface area (Å²) in [5.74, 6) is 0.684. The van der Waals surface area contributed by atoms with Crippen LogP contribution in [0, 0.1) is 16.7 Å². The number of ketones is 1. The Balaban J connectivity index is 2.57. The first-order valence-electron chi connectivity index (χ1n) is 5.21. The molecule has 0 aromatic rings. The van der Waals surface area contributed by atoms with Gasteiger partial charge in [-0.3, -0.25) is 4.79 Å². The summed E-state index contributed by atoms with van der Waals surface area (Å²) in [6.45, 7) is 14.7. The van der Waals surface area contributed by atoms with E-state index in [0.29, 0.717) is 18.1 Å². The third-order valence-electron chi connectivity index (χ3n) is 4.39. The second-order valence-electron chi connectivity index (χ2n) is 5.55. The Hall–Kier alpha value is -0.850. The lowest BCUT2D eigenvalue weighted by atomic mass is 9.47. The first kappa shape index (κ1) is 9.70. The minimum Gasteiger partial charge on any atom is -0.299 e. The predicted molar refractivity (Wildman–Crippen MR) is 57.9 cm³/mol. The van der Waals surface area contributed by atoms with Crippen LogP contribution in [-0.4, -0.2) is 5.78 Å². The third-order valence-corrected chi connectivity index (χ3v) is 4.39. The Kier molecular flexibility index (Phi) is 1.65. The van der Waals surface area contributed by atoms with Crippen molar-refractivity contribution in [3.05, 3.63) is 24.3 Å². The van der Waals surface area contributed by atoms with E-state index in [-0.39, 0.29) is 10.8 Å². The van der Waals surface area contributed by atoms with Crippen LogP contribution in [0.5, 0.6) is 0 Å². The summed E-state index contributed by atoms with van der Waals surface area (Å²) < 4.78 is 0. The molecule has 0 spiro atoms. The highest BCUT2D eigenvalue weighted by atomic mass is 16.1. The molecule has 0 aromatic carbocycles. The summed E-state index contributed by atoms with van der Waals surface area (Å²) in [6.07, 6.45) is 1.49. The summed E-state index contributed by atoms with van der Waals surface area (Å²) in [5, 5.41) is 0. The maximum absolute atomic E-state index is 11.9. The average molecular weight is 190 g/mol. The van der Waals surface area contributed by atoms with Gasteiger partial charge in [0, 0.05) is 6.42 Å². The van der Waals surface area contributed by atoms with Crippen LogP contribution in [0.3, 0.4) is 0 Å². The molecule has 2 atom stereocenters. The standard InChI is InChI=1S/C13H18O/c1-8-7-13(5)9(2)12(3,4)10(8)6-11(13)14/h10H,1-2,6-7H2,3-5H3/t10-,13+/m0/s1. The summed E-state index contributed by atoms with van der Waals surface area (Å²) >= 11 is 0. The van der Waals surface area contributed by atoms with Crippen LogP contribution in [0.1, 0.15) is 33.6 Å². The fraction of sp³-hybridized carbons (Fsp3) is 0.615. The van der Waals surface area contributed by atoms with E-state index in [4.69, 9.17) is 0 Å². The first-order valence-corrected chi connectivity index (χ1v) is 5.21. The molecule has 0 radical (unpaired) electrons. The number of hydrogen-bond acceptors (Lipinski definition) is 1. The molecular weight excluding hydrogens is 172 g/mol. The number of Topliss-reactive ketones (excluding diaryl/α,β-unsaturated/α-hetero) is 1. The molecule has 3 rings (SSSR count). The Morgan fingerprint density at radius 3 is 2.43 bits per heavy atom. The molecule has 0 amide bonds. The van der Waals surface area contributed by atoms with E-state index in [1.807, 2.05) is 6.92 Å².